The molecule has 0 unspecified atom stereocenters. The van der Waals surface area contributed by atoms with Gasteiger partial charge in [0.15, 0.2) is 0 Å². The number of carboxylic acid groups (broad SMARTS) is 1. The standard InChI is InChI=1S/C16H22ClN3O2/c1-15(2,3)9-16(4,5)19-13-12-10(17)8-20(14(21)22)11(12)6-7-18-13/h6-8H,9H2,1-5H3,(H,18,19)(H,21,22). The first-order valence-corrected chi connectivity index (χ1v) is 7.55. The van der Waals surface area contributed by atoms with Gasteiger partial charge in [0.05, 0.1) is 15.9 Å². The summed E-state index contributed by atoms with van der Waals surface area (Å²) in [5.74, 6) is 0.608. The van der Waals surface area contributed by atoms with E-state index in [4.69, 9.17) is 11.6 Å². The number of anilines is 1. The Bertz CT molecular complexity index is 714. The lowest BCUT2D eigenvalue weighted by molar-refractivity contribution is 0.197. The molecule has 0 amide bonds. The van der Waals surface area contributed by atoms with E-state index in [0.717, 1.165) is 11.0 Å². The molecular weight excluding hydrogens is 302 g/mol. The topological polar surface area (TPSA) is 67.2 Å². The molecule has 2 aromatic rings. The van der Waals surface area contributed by atoms with Gasteiger partial charge < -0.3 is 10.4 Å². The van der Waals surface area contributed by atoms with Crippen molar-refractivity contribution in [1.82, 2.24) is 9.55 Å². The quantitative estimate of drug-likeness (QED) is 0.847. The molecule has 5 nitrogen and oxygen atoms in total. The molecule has 2 N–H and O–H groups in total. The summed E-state index contributed by atoms with van der Waals surface area (Å²) in [5.41, 5.74) is 0.483. The highest BCUT2D eigenvalue weighted by molar-refractivity contribution is 6.37. The van der Waals surface area contributed by atoms with E-state index < -0.39 is 6.09 Å². The first-order valence-electron chi connectivity index (χ1n) is 7.17. The van der Waals surface area contributed by atoms with Gasteiger partial charge in [-0.3, -0.25) is 4.57 Å². The van der Waals surface area contributed by atoms with E-state index in [0.29, 0.717) is 21.7 Å². The van der Waals surface area contributed by atoms with Gasteiger partial charge in [-0.05, 0) is 31.7 Å². The normalized spacial score (nSPS) is 12.6. The number of hydrogen-bond donors (Lipinski definition) is 2. The van der Waals surface area contributed by atoms with Gasteiger partial charge in [-0.15, -0.1) is 0 Å². The van der Waals surface area contributed by atoms with Gasteiger partial charge in [0.1, 0.15) is 5.82 Å². The van der Waals surface area contributed by atoms with E-state index in [-0.39, 0.29) is 11.0 Å². The molecule has 0 aliphatic heterocycles. The lowest BCUT2D eigenvalue weighted by Gasteiger charge is -2.34. The van der Waals surface area contributed by atoms with E-state index in [9.17, 15) is 9.90 Å². The first-order chi connectivity index (χ1) is 10.0. The second-order valence-corrected chi connectivity index (χ2v) is 7.84. The average molecular weight is 324 g/mol. The molecule has 0 atom stereocenters. The van der Waals surface area contributed by atoms with Crippen molar-refractivity contribution in [2.75, 3.05) is 5.32 Å². The van der Waals surface area contributed by atoms with Gasteiger partial charge in [-0.2, -0.15) is 0 Å². The molecule has 120 valence electrons. The zero-order valence-electron chi connectivity index (χ0n) is 13.6. The Labute approximate surface area is 135 Å². The van der Waals surface area contributed by atoms with E-state index in [2.05, 4.69) is 44.9 Å². The number of fused-ring (bicyclic) bond motifs is 1. The Balaban J connectivity index is 2.47. The first kappa shape index (κ1) is 16.6. The molecule has 0 radical (unpaired) electrons. The van der Waals surface area contributed by atoms with Gasteiger partial charge in [0.2, 0.25) is 0 Å². The molecular formula is C16H22ClN3O2. The monoisotopic (exact) mass is 323 g/mol. The minimum atomic E-state index is -1.07. The Morgan fingerprint density at radius 3 is 2.55 bits per heavy atom. The maximum Gasteiger partial charge on any atom is 0.416 e. The predicted octanol–water partition coefficient (Wildman–Crippen LogP) is 4.84. The van der Waals surface area contributed by atoms with E-state index in [1.165, 1.54) is 6.20 Å². The molecule has 0 aliphatic rings. The van der Waals surface area contributed by atoms with Crippen molar-refractivity contribution in [2.24, 2.45) is 5.41 Å². The molecule has 0 spiro atoms. The number of pyridine rings is 1. The molecule has 0 saturated heterocycles. The van der Waals surface area contributed by atoms with Gasteiger partial charge in [0, 0.05) is 17.9 Å². The molecule has 2 aromatic heterocycles. The molecule has 0 saturated carbocycles. The van der Waals surface area contributed by atoms with Crippen LogP contribution in [0.2, 0.25) is 5.02 Å². The van der Waals surface area contributed by atoms with Crippen LogP contribution < -0.4 is 5.32 Å². The molecule has 0 bridgehead atoms. The van der Waals surface area contributed by atoms with E-state index in [1.54, 1.807) is 12.3 Å². The summed E-state index contributed by atoms with van der Waals surface area (Å²) in [5, 5.41) is 13.7. The summed E-state index contributed by atoms with van der Waals surface area (Å²) in [6, 6.07) is 1.65. The summed E-state index contributed by atoms with van der Waals surface area (Å²) in [7, 11) is 0. The van der Waals surface area contributed by atoms with Crippen molar-refractivity contribution >= 4 is 34.4 Å². The number of hydrogen-bond acceptors (Lipinski definition) is 3. The minimum Gasteiger partial charge on any atom is -0.464 e. The molecule has 0 aliphatic carbocycles. The van der Waals surface area contributed by atoms with Crippen LogP contribution in [0.15, 0.2) is 18.5 Å². The third-order valence-electron chi connectivity index (χ3n) is 3.30. The van der Waals surface area contributed by atoms with Crippen LogP contribution in [0.25, 0.3) is 10.9 Å². The molecule has 6 heteroatoms. The van der Waals surface area contributed by atoms with Gasteiger partial charge in [-0.25, -0.2) is 9.78 Å². The number of nitrogens with zero attached hydrogens (tertiary/aromatic N) is 2. The van der Waals surface area contributed by atoms with Crippen LogP contribution in [-0.4, -0.2) is 26.3 Å². The largest absolute Gasteiger partial charge is 0.464 e. The van der Waals surface area contributed by atoms with E-state index >= 15 is 0 Å². The maximum atomic E-state index is 11.3. The van der Waals surface area contributed by atoms with Crippen molar-refractivity contribution < 1.29 is 9.90 Å². The molecule has 2 rings (SSSR count). The lowest BCUT2D eigenvalue weighted by Crippen LogP contribution is -2.35. The van der Waals surface area contributed by atoms with Crippen LogP contribution in [0.5, 0.6) is 0 Å². The Morgan fingerprint density at radius 1 is 1.36 bits per heavy atom. The number of aromatic nitrogens is 2. The van der Waals surface area contributed by atoms with Crippen LogP contribution in [0.1, 0.15) is 41.0 Å². The number of rotatable bonds is 3. The highest BCUT2D eigenvalue weighted by Gasteiger charge is 2.27. The fourth-order valence-corrected chi connectivity index (χ4v) is 3.36. The summed E-state index contributed by atoms with van der Waals surface area (Å²) in [4.78, 5) is 15.6. The second-order valence-electron chi connectivity index (χ2n) is 7.43. The second kappa shape index (κ2) is 5.47. The van der Waals surface area contributed by atoms with Crippen molar-refractivity contribution in [3.63, 3.8) is 0 Å². The molecule has 22 heavy (non-hydrogen) atoms. The maximum absolute atomic E-state index is 11.3. The average Bonchev–Trinajstić information content (AvgIpc) is 2.64. The fourth-order valence-electron chi connectivity index (χ4n) is 3.08. The Morgan fingerprint density at radius 2 is 2.00 bits per heavy atom. The highest BCUT2D eigenvalue weighted by atomic mass is 35.5. The Kier molecular flexibility index (Phi) is 4.13. The van der Waals surface area contributed by atoms with Gasteiger partial charge in [-0.1, -0.05) is 32.4 Å². The fraction of sp³-hybridized carbons (Fsp3) is 0.500. The molecule has 2 heterocycles. The van der Waals surface area contributed by atoms with Crippen LogP contribution >= 0.6 is 11.6 Å². The number of carbonyl (C=O) groups is 1. The zero-order chi connectivity index (χ0) is 16.7. The molecule has 0 aromatic carbocycles. The van der Waals surface area contributed by atoms with Crippen LogP contribution in [0.4, 0.5) is 10.6 Å². The summed E-state index contributed by atoms with van der Waals surface area (Å²) in [6.45, 7) is 10.7. The van der Waals surface area contributed by atoms with Crippen molar-refractivity contribution in [2.45, 2.75) is 46.6 Å². The van der Waals surface area contributed by atoms with Crippen LogP contribution in [-0.2, 0) is 0 Å². The Hall–Kier alpha value is -1.75. The van der Waals surface area contributed by atoms with Gasteiger partial charge >= 0.3 is 6.09 Å². The molecule has 0 fully saturated rings. The number of nitrogens with one attached hydrogen (secondary N) is 1. The smallest absolute Gasteiger partial charge is 0.416 e. The van der Waals surface area contributed by atoms with Crippen LogP contribution in [0.3, 0.4) is 0 Å². The van der Waals surface area contributed by atoms with E-state index in [1.807, 2.05) is 0 Å². The number of halogens is 1. The third-order valence-corrected chi connectivity index (χ3v) is 3.59. The lowest BCUT2D eigenvalue weighted by atomic mass is 9.82. The van der Waals surface area contributed by atoms with Crippen molar-refractivity contribution in [3.05, 3.63) is 23.5 Å². The summed E-state index contributed by atoms with van der Waals surface area (Å²) in [6.07, 6.45) is 2.85. The van der Waals surface area contributed by atoms with Gasteiger partial charge in [0.25, 0.3) is 0 Å². The highest BCUT2D eigenvalue weighted by Crippen LogP contribution is 2.35. The van der Waals surface area contributed by atoms with Crippen molar-refractivity contribution in [3.8, 4) is 0 Å². The third kappa shape index (κ3) is 3.53. The summed E-state index contributed by atoms with van der Waals surface area (Å²) >= 11 is 6.22. The summed E-state index contributed by atoms with van der Waals surface area (Å²) < 4.78 is 1.11. The zero-order valence-corrected chi connectivity index (χ0v) is 14.3. The SMILES string of the molecule is CC(C)(C)CC(C)(C)Nc1nccc2c1c(Cl)cn2C(=O)O. The predicted molar refractivity (Wildman–Crippen MR) is 89.9 cm³/mol. The van der Waals surface area contributed by atoms with Crippen LogP contribution in [0, 0.1) is 5.41 Å². The minimum absolute atomic E-state index is 0.154. The van der Waals surface area contributed by atoms with Crippen molar-refractivity contribution in [1.29, 1.82) is 0 Å².